The quantitative estimate of drug-likeness (QED) is 0.374. The van der Waals surface area contributed by atoms with Gasteiger partial charge in [0.05, 0.1) is 18.2 Å². The Morgan fingerprint density at radius 3 is 2.24 bits per heavy atom. The third-order valence-corrected chi connectivity index (χ3v) is 6.16. The number of nitrogens with zero attached hydrogens (tertiary/aromatic N) is 2. The third kappa shape index (κ3) is 7.87. The van der Waals surface area contributed by atoms with Crippen molar-refractivity contribution in [1.29, 1.82) is 0 Å². The van der Waals surface area contributed by atoms with E-state index in [9.17, 15) is 23.5 Å². The number of hydrogen-bond acceptors (Lipinski definition) is 4. The van der Waals surface area contributed by atoms with E-state index in [1.807, 2.05) is 52.0 Å². The molecule has 1 aliphatic carbocycles. The van der Waals surface area contributed by atoms with Crippen LogP contribution in [-0.2, 0) is 4.79 Å². The Bertz CT molecular complexity index is 1040. The number of anilines is 2. The summed E-state index contributed by atoms with van der Waals surface area (Å²) in [6.07, 6.45) is 0.129. The third-order valence-electron chi connectivity index (χ3n) is 6.16. The molecule has 1 saturated carbocycles. The monoisotopic (exact) mass is 519 g/mol. The molecule has 1 aromatic heterocycles. The summed E-state index contributed by atoms with van der Waals surface area (Å²) in [6, 6.07) is 8.10. The summed E-state index contributed by atoms with van der Waals surface area (Å²) in [4.78, 5) is 30.6. The number of alkyl halides is 2. The van der Waals surface area contributed by atoms with E-state index in [1.165, 1.54) is 6.20 Å². The molecule has 0 atom stereocenters. The Morgan fingerprint density at radius 2 is 1.70 bits per heavy atom. The fourth-order valence-electron chi connectivity index (χ4n) is 4.44. The number of nitrogens with one attached hydrogen (secondary N) is 1. The average Bonchev–Trinajstić information content (AvgIpc) is 2.86. The Hall–Kier alpha value is -3.23. The maximum atomic E-state index is 13.7. The van der Waals surface area contributed by atoms with Crippen LogP contribution in [0.25, 0.3) is 0 Å². The fraction of sp³-hybridized carbons (Fsp3) is 0.536. The summed E-state index contributed by atoms with van der Waals surface area (Å²) >= 11 is 0. The average molecular weight is 520 g/mol. The predicted octanol–water partition coefficient (Wildman–Crippen LogP) is 7.64. The number of pyridine rings is 1. The van der Waals surface area contributed by atoms with E-state index in [0.717, 1.165) is 17.3 Å². The standard InChI is InChI=1S/C26H33F2N3O4.C2H6/c1-15(2)19-7-5-6-8-22(19)31(18-11-9-17(10-12-18)25(32)33)26(34)30-21-14-29-20(24(27)28)13-23(21)35-16(3)4;1-2/h5-8,13-18,24H,9-12H2,1-4H3,(H,30,34)(H,32,33);1-2H3. The number of ether oxygens (including phenoxy) is 1. The van der Waals surface area contributed by atoms with Gasteiger partial charge in [0.1, 0.15) is 17.1 Å². The minimum atomic E-state index is -2.77. The second kappa shape index (κ2) is 13.9. The smallest absolute Gasteiger partial charge is 0.326 e. The SMILES string of the molecule is CC.CC(C)Oc1cc(C(F)F)ncc1NC(=O)N(c1ccccc1C(C)C)C1CCC(C(=O)O)CC1. The van der Waals surface area contributed by atoms with Gasteiger partial charge in [0.15, 0.2) is 0 Å². The number of hydrogen-bond donors (Lipinski definition) is 2. The maximum Gasteiger partial charge on any atom is 0.326 e. The summed E-state index contributed by atoms with van der Waals surface area (Å²) < 4.78 is 32.1. The number of carboxylic acid groups (broad SMARTS) is 1. The number of rotatable bonds is 8. The minimum Gasteiger partial charge on any atom is -0.489 e. The highest BCUT2D eigenvalue weighted by molar-refractivity contribution is 6.03. The number of urea groups is 1. The van der Waals surface area contributed by atoms with Crippen LogP contribution in [-0.4, -0.2) is 34.2 Å². The molecular formula is C28H39F2N3O4. The van der Waals surface area contributed by atoms with Crippen molar-refractivity contribution in [2.75, 3.05) is 10.2 Å². The number of amides is 2. The van der Waals surface area contributed by atoms with E-state index in [4.69, 9.17) is 4.74 Å². The van der Waals surface area contributed by atoms with Gasteiger partial charge in [-0.25, -0.2) is 13.6 Å². The van der Waals surface area contributed by atoms with Gasteiger partial charge in [0.25, 0.3) is 6.43 Å². The molecule has 7 nitrogen and oxygen atoms in total. The van der Waals surface area contributed by atoms with Crippen LogP contribution in [0.15, 0.2) is 36.5 Å². The minimum absolute atomic E-state index is 0.116. The van der Waals surface area contributed by atoms with Crippen LogP contribution in [0, 0.1) is 5.92 Å². The molecule has 37 heavy (non-hydrogen) atoms. The van der Waals surface area contributed by atoms with Crippen molar-refractivity contribution in [1.82, 2.24) is 4.98 Å². The van der Waals surface area contributed by atoms with Gasteiger partial charge in [0.2, 0.25) is 0 Å². The number of halogens is 2. The Balaban J connectivity index is 0.00000235. The Morgan fingerprint density at radius 1 is 1.08 bits per heavy atom. The van der Waals surface area contributed by atoms with Gasteiger partial charge in [0, 0.05) is 17.8 Å². The molecule has 0 unspecified atom stereocenters. The molecule has 1 aromatic carbocycles. The molecule has 2 amide bonds. The number of carbonyl (C=O) groups is 2. The van der Waals surface area contributed by atoms with Crippen molar-refractivity contribution in [2.45, 2.75) is 91.7 Å². The van der Waals surface area contributed by atoms with Crippen LogP contribution in [0.1, 0.15) is 90.8 Å². The van der Waals surface area contributed by atoms with Crippen molar-refractivity contribution in [2.24, 2.45) is 5.92 Å². The molecule has 1 heterocycles. The summed E-state index contributed by atoms with van der Waals surface area (Å²) in [7, 11) is 0. The van der Waals surface area contributed by atoms with Crippen molar-refractivity contribution >= 4 is 23.4 Å². The highest BCUT2D eigenvalue weighted by Crippen LogP contribution is 2.36. The number of aliphatic carboxylic acids is 1. The van der Waals surface area contributed by atoms with Crippen LogP contribution < -0.4 is 15.0 Å². The summed E-state index contributed by atoms with van der Waals surface area (Å²) in [5.74, 6) is -0.981. The number of carboxylic acids is 1. The lowest BCUT2D eigenvalue weighted by molar-refractivity contribution is -0.142. The van der Waals surface area contributed by atoms with Gasteiger partial charge >= 0.3 is 12.0 Å². The van der Waals surface area contributed by atoms with Crippen LogP contribution in [0.2, 0.25) is 0 Å². The number of benzene rings is 1. The van der Waals surface area contributed by atoms with Crippen LogP contribution in [0.4, 0.5) is 25.0 Å². The second-order valence-corrected chi connectivity index (χ2v) is 9.43. The lowest BCUT2D eigenvalue weighted by Gasteiger charge is -2.37. The molecule has 9 heteroatoms. The van der Waals surface area contributed by atoms with E-state index in [-0.39, 0.29) is 29.5 Å². The topological polar surface area (TPSA) is 91.8 Å². The van der Waals surface area contributed by atoms with Crippen LogP contribution in [0.5, 0.6) is 5.75 Å². The largest absolute Gasteiger partial charge is 0.489 e. The molecule has 0 bridgehead atoms. The van der Waals surface area contributed by atoms with E-state index in [2.05, 4.69) is 10.3 Å². The molecule has 0 spiro atoms. The molecule has 1 fully saturated rings. The molecule has 1 aliphatic rings. The van der Waals surface area contributed by atoms with Gasteiger partial charge in [-0.15, -0.1) is 0 Å². The normalized spacial score (nSPS) is 17.3. The first-order valence-corrected chi connectivity index (χ1v) is 12.9. The Kier molecular flexibility index (Phi) is 11.3. The lowest BCUT2D eigenvalue weighted by atomic mass is 9.85. The van der Waals surface area contributed by atoms with Crippen LogP contribution in [0.3, 0.4) is 0 Å². The van der Waals surface area contributed by atoms with Gasteiger partial charge in [-0.3, -0.25) is 14.7 Å². The molecular weight excluding hydrogens is 480 g/mol. The zero-order valence-electron chi connectivity index (χ0n) is 22.5. The lowest BCUT2D eigenvalue weighted by Crippen LogP contribution is -2.46. The molecule has 2 N–H and O–H groups in total. The van der Waals surface area contributed by atoms with Gasteiger partial charge < -0.3 is 15.2 Å². The summed E-state index contributed by atoms with van der Waals surface area (Å²) in [5, 5.41) is 12.2. The van der Waals surface area contributed by atoms with Crippen molar-refractivity contribution in [3.05, 3.63) is 47.8 Å². The van der Waals surface area contributed by atoms with E-state index in [1.54, 1.807) is 18.7 Å². The summed E-state index contributed by atoms with van der Waals surface area (Å²) in [6.45, 7) is 11.6. The molecule has 3 rings (SSSR count). The molecule has 2 aromatic rings. The molecule has 204 valence electrons. The first-order chi connectivity index (χ1) is 17.6. The van der Waals surface area contributed by atoms with Crippen molar-refractivity contribution < 1.29 is 28.2 Å². The highest BCUT2D eigenvalue weighted by Gasteiger charge is 2.34. The molecule has 0 aliphatic heterocycles. The number of para-hydroxylation sites is 1. The second-order valence-electron chi connectivity index (χ2n) is 9.43. The van der Waals surface area contributed by atoms with Crippen molar-refractivity contribution in [3.63, 3.8) is 0 Å². The fourth-order valence-corrected chi connectivity index (χ4v) is 4.44. The van der Waals surface area contributed by atoms with Gasteiger partial charge in [-0.2, -0.15) is 0 Å². The Labute approximate surface area is 218 Å². The molecule has 0 saturated heterocycles. The number of carbonyl (C=O) groups excluding carboxylic acids is 1. The van der Waals surface area contributed by atoms with E-state index >= 15 is 0 Å². The van der Waals surface area contributed by atoms with E-state index in [0.29, 0.717) is 25.7 Å². The molecule has 0 radical (unpaired) electrons. The number of aromatic nitrogens is 1. The maximum absolute atomic E-state index is 13.7. The van der Waals surface area contributed by atoms with E-state index < -0.39 is 30.0 Å². The van der Waals surface area contributed by atoms with Gasteiger partial charge in [-0.05, 0) is 57.1 Å². The predicted molar refractivity (Wildman–Crippen MR) is 142 cm³/mol. The van der Waals surface area contributed by atoms with Crippen LogP contribution >= 0.6 is 0 Å². The first-order valence-electron chi connectivity index (χ1n) is 12.9. The highest BCUT2D eigenvalue weighted by atomic mass is 19.3. The zero-order chi connectivity index (χ0) is 27.7. The van der Waals surface area contributed by atoms with Gasteiger partial charge in [-0.1, -0.05) is 45.9 Å². The van der Waals surface area contributed by atoms with Crippen molar-refractivity contribution in [3.8, 4) is 5.75 Å². The summed E-state index contributed by atoms with van der Waals surface area (Å²) in [5.41, 5.74) is 1.47. The first kappa shape index (κ1) is 30.0. The zero-order valence-corrected chi connectivity index (χ0v) is 22.5.